The van der Waals surface area contributed by atoms with Gasteiger partial charge in [-0.05, 0) is 6.92 Å². The number of nitriles is 1. The topological polar surface area (TPSA) is 68.5 Å². The van der Waals surface area contributed by atoms with E-state index in [0.717, 1.165) is 0 Å². The highest BCUT2D eigenvalue weighted by atomic mass is 16.7. The molecule has 0 aliphatic carbocycles. The Morgan fingerprint density at radius 2 is 2.14 bits per heavy atom. The average Bonchev–Trinajstić information content (AvgIpc) is 2.23. The van der Waals surface area contributed by atoms with Crippen molar-refractivity contribution < 1.29 is 19.0 Å². The van der Waals surface area contributed by atoms with Crippen molar-refractivity contribution >= 4 is 5.97 Å². The van der Waals surface area contributed by atoms with E-state index >= 15 is 0 Å². The van der Waals surface area contributed by atoms with Crippen LogP contribution < -0.4 is 0 Å². The first-order valence-corrected chi connectivity index (χ1v) is 4.31. The van der Waals surface area contributed by atoms with E-state index in [0.29, 0.717) is 6.61 Å². The summed E-state index contributed by atoms with van der Waals surface area (Å²) in [6, 6.07) is 1.84. The molecule has 0 fully saturated rings. The van der Waals surface area contributed by atoms with Gasteiger partial charge in [-0.3, -0.25) is 4.79 Å². The summed E-state index contributed by atoms with van der Waals surface area (Å²) >= 11 is 0. The lowest BCUT2D eigenvalue weighted by molar-refractivity contribution is -0.154. The number of methoxy groups -OCH3 is 2. The summed E-state index contributed by atoms with van der Waals surface area (Å²) in [5.41, 5.74) is 0. The fourth-order valence-corrected chi connectivity index (χ4v) is 0.955. The molecule has 0 rings (SSSR count). The maximum atomic E-state index is 11.0. The number of carbonyl (C=O) groups is 1. The van der Waals surface area contributed by atoms with Crippen LogP contribution in [-0.2, 0) is 19.0 Å². The second-order valence-corrected chi connectivity index (χ2v) is 2.56. The van der Waals surface area contributed by atoms with Crippen LogP contribution in [0.4, 0.5) is 0 Å². The zero-order valence-corrected chi connectivity index (χ0v) is 8.65. The maximum absolute atomic E-state index is 11.0. The molecule has 0 radical (unpaired) electrons. The molecule has 2 atom stereocenters. The predicted molar refractivity (Wildman–Crippen MR) is 48.2 cm³/mol. The zero-order valence-electron chi connectivity index (χ0n) is 8.65. The van der Waals surface area contributed by atoms with Crippen LogP contribution in [0.15, 0.2) is 0 Å². The third-order valence-electron chi connectivity index (χ3n) is 1.69. The highest BCUT2D eigenvalue weighted by Crippen LogP contribution is 2.11. The van der Waals surface area contributed by atoms with Crippen LogP contribution in [0.3, 0.4) is 0 Å². The van der Waals surface area contributed by atoms with E-state index in [1.54, 1.807) is 0 Å². The Hall–Kier alpha value is -1.12. The molecule has 14 heavy (non-hydrogen) atoms. The minimum Gasteiger partial charge on any atom is -0.468 e. The van der Waals surface area contributed by atoms with Gasteiger partial charge in [-0.25, -0.2) is 0 Å². The van der Waals surface area contributed by atoms with Gasteiger partial charge in [0, 0.05) is 20.1 Å². The average molecular weight is 201 g/mol. The van der Waals surface area contributed by atoms with E-state index in [1.165, 1.54) is 14.2 Å². The standard InChI is InChI=1S/C9H15NO4/c1-4-14-8(12-2)5-7(6-10)9(11)13-3/h7-8H,4-5H2,1-3H3. The summed E-state index contributed by atoms with van der Waals surface area (Å²) in [5.74, 6) is -1.40. The number of hydrogen-bond donors (Lipinski definition) is 0. The van der Waals surface area contributed by atoms with Crippen molar-refractivity contribution in [3.8, 4) is 6.07 Å². The van der Waals surface area contributed by atoms with E-state index in [9.17, 15) is 4.79 Å². The molecule has 0 aromatic heterocycles. The van der Waals surface area contributed by atoms with Crippen LogP contribution in [0.25, 0.3) is 0 Å². The van der Waals surface area contributed by atoms with Crippen LogP contribution in [0, 0.1) is 17.2 Å². The SMILES string of the molecule is CCOC(CC(C#N)C(=O)OC)OC. The van der Waals surface area contributed by atoms with Crippen molar-refractivity contribution in [3.05, 3.63) is 0 Å². The molecule has 2 unspecified atom stereocenters. The number of nitrogens with zero attached hydrogens (tertiary/aromatic N) is 1. The monoisotopic (exact) mass is 201 g/mol. The lowest BCUT2D eigenvalue weighted by Crippen LogP contribution is -2.24. The number of esters is 1. The Bertz CT molecular complexity index is 211. The van der Waals surface area contributed by atoms with Gasteiger partial charge in [0.1, 0.15) is 5.92 Å². The summed E-state index contributed by atoms with van der Waals surface area (Å²) in [5, 5.41) is 8.68. The molecule has 0 heterocycles. The summed E-state index contributed by atoms with van der Waals surface area (Å²) in [6.07, 6.45) is -0.350. The molecular formula is C9H15NO4. The summed E-state index contributed by atoms with van der Waals surface area (Å²) < 4.78 is 14.5. The van der Waals surface area contributed by atoms with E-state index in [4.69, 9.17) is 14.7 Å². The van der Waals surface area contributed by atoms with Gasteiger partial charge >= 0.3 is 5.97 Å². The minimum atomic E-state index is -0.837. The molecule has 80 valence electrons. The van der Waals surface area contributed by atoms with Gasteiger partial charge in [-0.2, -0.15) is 5.26 Å². The van der Waals surface area contributed by atoms with Crippen molar-refractivity contribution in [2.45, 2.75) is 19.6 Å². The van der Waals surface area contributed by atoms with Crippen molar-refractivity contribution in [1.82, 2.24) is 0 Å². The van der Waals surface area contributed by atoms with Crippen LogP contribution in [0.1, 0.15) is 13.3 Å². The number of rotatable bonds is 6. The summed E-state index contributed by atoms with van der Waals surface area (Å²) in [6.45, 7) is 2.28. The summed E-state index contributed by atoms with van der Waals surface area (Å²) in [7, 11) is 2.71. The van der Waals surface area contributed by atoms with E-state index in [2.05, 4.69) is 4.74 Å². The second-order valence-electron chi connectivity index (χ2n) is 2.56. The maximum Gasteiger partial charge on any atom is 0.323 e. The third-order valence-corrected chi connectivity index (χ3v) is 1.69. The fraction of sp³-hybridized carbons (Fsp3) is 0.778. The number of carbonyl (C=O) groups excluding carboxylic acids is 1. The highest BCUT2D eigenvalue weighted by molar-refractivity contribution is 5.74. The number of hydrogen-bond acceptors (Lipinski definition) is 5. The molecule has 0 bridgehead atoms. The lowest BCUT2D eigenvalue weighted by Gasteiger charge is -2.16. The Balaban J connectivity index is 4.15. The molecule has 0 aromatic carbocycles. The Labute approximate surface area is 83.6 Å². The molecule has 0 aliphatic heterocycles. The minimum absolute atomic E-state index is 0.188. The van der Waals surface area contributed by atoms with E-state index < -0.39 is 18.2 Å². The van der Waals surface area contributed by atoms with E-state index in [1.807, 2.05) is 13.0 Å². The van der Waals surface area contributed by atoms with Gasteiger partial charge in [0.25, 0.3) is 0 Å². The Kier molecular flexibility index (Phi) is 6.72. The zero-order chi connectivity index (χ0) is 11.0. The first kappa shape index (κ1) is 12.9. The van der Waals surface area contributed by atoms with Gasteiger partial charge < -0.3 is 14.2 Å². The fourth-order valence-electron chi connectivity index (χ4n) is 0.955. The van der Waals surface area contributed by atoms with Crippen LogP contribution >= 0.6 is 0 Å². The van der Waals surface area contributed by atoms with Crippen molar-refractivity contribution in [2.24, 2.45) is 5.92 Å². The molecule has 0 amide bonds. The first-order chi connectivity index (χ1) is 6.69. The quantitative estimate of drug-likeness (QED) is 0.467. The van der Waals surface area contributed by atoms with Crippen LogP contribution in [0.5, 0.6) is 0 Å². The number of ether oxygens (including phenoxy) is 3. The van der Waals surface area contributed by atoms with E-state index in [-0.39, 0.29) is 6.42 Å². The molecule has 5 heteroatoms. The normalized spacial score (nSPS) is 14.1. The molecule has 0 spiro atoms. The van der Waals surface area contributed by atoms with Gasteiger partial charge in [0.05, 0.1) is 13.2 Å². The molecule has 0 saturated heterocycles. The largest absolute Gasteiger partial charge is 0.468 e. The molecule has 0 aromatic rings. The Morgan fingerprint density at radius 3 is 2.50 bits per heavy atom. The molecule has 0 saturated carbocycles. The van der Waals surface area contributed by atoms with Crippen LogP contribution in [-0.4, -0.2) is 33.1 Å². The smallest absolute Gasteiger partial charge is 0.323 e. The highest BCUT2D eigenvalue weighted by Gasteiger charge is 2.23. The lowest BCUT2D eigenvalue weighted by atomic mass is 10.1. The molecule has 0 aliphatic rings. The first-order valence-electron chi connectivity index (χ1n) is 4.31. The van der Waals surface area contributed by atoms with Gasteiger partial charge in [0.15, 0.2) is 6.29 Å². The molecule has 0 N–H and O–H groups in total. The Morgan fingerprint density at radius 1 is 1.50 bits per heavy atom. The molecule has 5 nitrogen and oxygen atoms in total. The molecular weight excluding hydrogens is 186 g/mol. The van der Waals surface area contributed by atoms with Crippen molar-refractivity contribution in [2.75, 3.05) is 20.8 Å². The van der Waals surface area contributed by atoms with Gasteiger partial charge in [0.2, 0.25) is 0 Å². The second kappa shape index (κ2) is 7.30. The van der Waals surface area contributed by atoms with Gasteiger partial charge in [-0.15, -0.1) is 0 Å². The van der Waals surface area contributed by atoms with Gasteiger partial charge in [-0.1, -0.05) is 0 Å². The predicted octanol–water partition coefficient (Wildman–Crippen LogP) is 0.698. The summed E-state index contributed by atoms with van der Waals surface area (Å²) in [4.78, 5) is 11.0. The van der Waals surface area contributed by atoms with Crippen LogP contribution in [0.2, 0.25) is 0 Å². The third kappa shape index (κ3) is 4.21. The van der Waals surface area contributed by atoms with Crippen molar-refractivity contribution in [1.29, 1.82) is 5.26 Å². The van der Waals surface area contributed by atoms with Crippen molar-refractivity contribution in [3.63, 3.8) is 0 Å².